The Morgan fingerprint density at radius 3 is 2.41 bits per heavy atom. The highest BCUT2D eigenvalue weighted by atomic mass is 35.5. The van der Waals surface area contributed by atoms with E-state index in [0.29, 0.717) is 6.04 Å². The molecular weight excluding hydrogens is 240 g/mol. The first-order chi connectivity index (χ1) is 7.77. The van der Waals surface area contributed by atoms with Crippen LogP contribution in [0.4, 0.5) is 0 Å². The first-order valence-electron chi connectivity index (χ1n) is 6.34. The summed E-state index contributed by atoms with van der Waals surface area (Å²) in [6.07, 6.45) is 6.30. The van der Waals surface area contributed by atoms with Crippen molar-refractivity contribution in [3.63, 3.8) is 0 Å². The van der Waals surface area contributed by atoms with Crippen molar-refractivity contribution in [2.24, 2.45) is 0 Å². The number of ether oxygens (including phenoxy) is 1. The minimum absolute atomic E-state index is 0. The van der Waals surface area contributed by atoms with E-state index in [4.69, 9.17) is 4.74 Å². The van der Waals surface area contributed by atoms with Crippen molar-refractivity contribution >= 4 is 18.3 Å². The molecule has 1 amide bonds. The Labute approximate surface area is 109 Å². The fourth-order valence-corrected chi connectivity index (χ4v) is 2.74. The number of rotatable bonds is 3. The van der Waals surface area contributed by atoms with Gasteiger partial charge in [-0.3, -0.25) is 4.79 Å². The molecule has 1 heterocycles. The van der Waals surface area contributed by atoms with Gasteiger partial charge in [0, 0.05) is 13.2 Å². The maximum Gasteiger partial charge on any atom is 0.252 e. The summed E-state index contributed by atoms with van der Waals surface area (Å²) in [4.78, 5) is 12.2. The van der Waals surface area contributed by atoms with Gasteiger partial charge < -0.3 is 15.4 Å². The molecule has 4 nitrogen and oxygen atoms in total. The Hall–Kier alpha value is -0.320. The minimum Gasteiger partial charge on any atom is -0.368 e. The molecule has 0 unspecified atom stereocenters. The van der Waals surface area contributed by atoms with Crippen molar-refractivity contribution < 1.29 is 9.53 Å². The molecule has 0 bridgehead atoms. The van der Waals surface area contributed by atoms with Crippen molar-refractivity contribution in [3.8, 4) is 0 Å². The third-order valence-corrected chi connectivity index (χ3v) is 3.91. The first-order valence-corrected chi connectivity index (χ1v) is 6.34. The van der Waals surface area contributed by atoms with Gasteiger partial charge in [0.15, 0.2) is 0 Å². The number of nitrogens with one attached hydrogen (secondary N) is 2. The lowest BCUT2D eigenvalue weighted by Gasteiger charge is -2.35. The number of piperidine rings is 1. The molecule has 5 heteroatoms. The number of carbonyl (C=O) groups is 1. The molecule has 0 aromatic heterocycles. The van der Waals surface area contributed by atoms with E-state index < -0.39 is 5.60 Å². The van der Waals surface area contributed by atoms with Crippen molar-refractivity contribution in [1.82, 2.24) is 10.6 Å². The van der Waals surface area contributed by atoms with Crippen LogP contribution in [0, 0.1) is 0 Å². The second-order valence-corrected chi connectivity index (χ2v) is 4.90. The van der Waals surface area contributed by atoms with Crippen molar-refractivity contribution in [2.45, 2.75) is 50.2 Å². The Morgan fingerprint density at radius 2 is 1.88 bits per heavy atom. The maximum atomic E-state index is 12.2. The molecule has 2 fully saturated rings. The van der Waals surface area contributed by atoms with Gasteiger partial charge in [0.1, 0.15) is 5.60 Å². The molecule has 0 radical (unpaired) electrons. The molecule has 0 aromatic carbocycles. The monoisotopic (exact) mass is 262 g/mol. The fraction of sp³-hybridized carbons (Fsp3) is 0.917. The van der Waals surface area contributed by atoms with Crippen molar-refractivity contribution in [2.75, 3.05) is 20.2 Å². The lowest BCUT2D eigenvalue weighted by atomic mass is 9.90. The van der Waals surface area contributed by atoms with Gasteiger partial charge in [-0.15, -0.1) is 12.4 Å². The highest BCUT2D eigenvalue weighted by Crippen LogP contribution is 2.25. The predicted molar refractivity (Wildman–Crippen MR) is 69.5 cm³/mol. The number of amides is 1. The van der Waals surface area contributed by atoms with Gasteiger partial charge in [-0.25, -0.2) is 0 Å². The van der Waals surface area contributed by atoms with Crippen molar-refractivity contribution in [1.29, 1.82) is 0 Å². The van der Waals surface area contributed by atoms with E-state index in [9.17, 15) is 4.79 Å². The molecule has 0 spiro atoms. The molecular formula is C12H23ClN2O2. The average molecular weight is 263 g/mol. The molecule has 17 heavy (non-hydrogen) atoms. The first kappa shape index (κ1) is 14.7. The quantitative estimate of drug-likeness (QED) is 0.805. The second-order valence-electron chi connectivity index (χ2n) is 4.90. The Bertz CT molecular complexity index is 249. The molecule has 0 atom stereocenters. The third kappa shape index (κ3) is 3.33. The summed E-state index contributed by atoms with van der Waals surface area (Å²) < 4.78 is 5.50. The van der Waals surface area contributed by atoms with Gasteiger partial charge in [-0.05, 0) is 38.8 Å². The summed E-state index contributed by atoms with van der Waals surface area (Å²) >= 11 is 0. The molecule has 1 aliphatic heterocycles. The standard InChI is InChI=1S/C12H22N2O2.ClH/c1-16-12(6-8-13-9-7-12)11(15)14-10-4-2-3-5-10;/h10,13H,2-9H2,1H3,(H,14,15);1H. The van der Waals surface area contributed by atoms with E-state index in [1.165, 1.54) is 12.8 Å². The SMILES string of the molecule is COC1(C(=O)NC2CCCC2)CCNCC1.Cl. The number of hydrogen-bond donors (Lipinski definition) is 2. The van der Waals surface area contributed by atoms with Crippen LogP contribution in [0.15, 0.2) is 0 Å². The van der Waals surface area contributed by atoms with E-state index >= 15 is 0 Å². The van der Waals surface area contributed by atoms with Gasteiger partial charge in [0.2, 0.25) is 0 Å². The van der Waals surface area contributed by atoms with Crippen LogP contribution in [-0.4, -0.2) is 37.7 Å². The van der Waals surface area contributed by atoms with Crippen LogP contribution in [0.1, 0.15) is 38.5 Å². The largest absolute Gasteiger partial charge is 0.368 e. The highest BCUT2D eigenvalue weighted by molar-refractivity contribution is 5.86. The van der Waals surface area contributed by atoms with Gasteiger partial charge in [-0.1, -0.05) is 12.8 Å². The topological polar surface area (TPSA) is 50.4 Å². The molecule has 0 aromatic rings. The molecule has 2 aliphatic rings. The van der Waals surface area contributed by atoms with Gasteiger partial charge in [0.25, 0.3) is 5.91 Å². The van der Waals surface area contributed by atoms with Crippen LogP contribution >= 0.6 is 12.4 Å². The van der Waals surface area contributed by atoms with Crippen LogP contribution in [0.2, 0.25) is 0 Å². The number of methoxy groups -OCH3 is 1. The van der Waals surface area contributed by atoms with E-state index in [0.717, 1.165) is 38.8 Å². The van der Waals surface area contributed by atoms with E-state index in [1.54, 1.807) is 7.11 Å². The van der Waals surface area contributed by atoms with Crippen LogP contribution in [-0.2, 0) is 9.53 Å². The fourth-order valence-electron chi connectivity index (χ4n) is 2.74. The second kappa shape index (κ2) is 6.57. The Morgan fingerprint density at radius 1 is 1.29 bits per heavy atom. The molecule has 2 rings (SSSR count). The Balaban J connectivity index is 0.00000144. The van der Waals surface area contributed by atoms with Gasteiger partial charge in [0.05, 0.1) is 0 Å². The Kier molecular flexibility index (Phi) is 5.70. The van der Waals surface area contributed by atoms with Crippen LogP contribution in [0.3, 0.4) is 0 Å². The summed E-state index contributed by atoms with van der Waals surface area (Å²) in [5, 5.41) is 6.41. The molecule has 100 valence electrons. The van der Waals surface area contributed by atoms with Gasteiger partial charge >= 0.3 is 0 Å². The maximum absolute atomic E-state index is 12.2. The lowest BCUT2D eigenvalue weighted by Crippen LogP contribution is -2.55. The normalized spacial score (nSPS) is 24.1. The van der Waals surface area contributed by atoms with Crippen molar-refractivity contribution in [3.05, 3.63) is 0 Å². The molecule has 1 saturated heterocycles. The zero-order valence-electron chi connectivity index (χ0n) is 10.5. The molecule has 2 N–H and O–H groups in total. The van der Waals surface area contributed by atoms with Gasteiger partial charge in [-0.2, -0.15) is 0 Å². The van der Waals surface area contributed by atoms with E-state index in [-0.39, 0.29) is 18.3 Å². The van der Waals surface area contributed by atoms with Crippen LogP contribution < -0.4 is 10.6 Å². The molecule has 1 aliphatic carbocycles. The summed E-state index contributed by atoms with van der Waals surface area (Å²) in [7, 11) is 1.65. The molecule has 1 saturated carbocycles. The summed E-state index contributed by atoms with van der Waals surface area (Å²) in [6, 6.07) is 0.384. The summed E-state index contributed by atoms with van der Waals surface area (Å²) in [5.41, 5.74) is -0.576. The van der Waals surface area contributed by atoms with E-state index in [1.807, 2.05) is 0 Å². The van der Waals surface area contributed by atoms with Crippen LogP contribution in [0.5, 0.6) is 0 Å². The lowest BCUT2D eigenvalue weighted by molar-refractivity contribution is -0.147. The average Bonchev–Trinajstić information content (AvgIpc) is 2.82. The zero-order valence-corrected chi connectivity index (χ0v) is 11.3. The summed E-state index contributed by atoms with van der Waals surface area (Å²) in [5.74, 6) is 0.100. The third-order valence-electron chi connectivity index (χ3n) is 3.91. The zero-order chi connectivity index (χ0) is 11.4. The number of halogens is 1. The van der Waals surface area contributed by atoms with E-state index in [2.05, 4.69) is 10.6 Å². The number of hydrogen-bond acceptors (Lipinski definition) is 3. The minimum atomic E-state index is -0.576. The summed E-state index contributed by atoms with van der Waals surface area (Å²) in [6.45, 7) is 1.73. The number of carbonyl (C=O) groups excluding carboxylic acids is 1. The smallest absolute Gasteiger partial charge is 0.252 e. The highest BCUT2D eigenvalue weighted by Gasteiger charge is 2.40. The predicted octanol–water partition coefficient (Wildman–Crippen LogP) is 1.24. The van der Waals surface area contributed by atoms with Crippen LogP contribution in [0.25, 0.3) is 0 Å².